The summed E-state index contributed by atoms with van der Waals surface area (Å²) in [5.74, 6) is 1.07. The van der Waals surface area contributed by atoms with E-state index in [4.69, 9.17) is 16.0 Å². The minimum Gasteiger partial charge on any atom is -0.468 e. The Morgan fingerprint density at radius 1 is 1.16 bits per heavy atom. The Morgan fingerprint density at radius 3 is 2.61 bits per heavy atom. The molecule has 0 saturated carbocycles. The van der Waals surface area contributed by atoms with Gasteiger partial charge in [0.25, 0.3) is 5.91 Å². The molecule has 0 bridgehead atoms. The maximum atomic E-state index is 13.0. The second kappa shape index (κ2) is 12.2. The van der Waals surface area contributed by atoms with E-state index in [0.717, 1.165) is 37.4 Å². The molecule has 31 heavy (non-hydrogen) atoms. The van der Waals surface area contributed by atoms with E-state index in [1.165, 1.54) is 6.42 Å². The summed E-state index contributed by atoms with van der Waals surface area (Å²) >= 11 is 7.79. The van der Waals surface area contributed by atoms with Crippen LogP contribution in [-0.4, -0.2) is 54.4 Å². The molecule has 8 heteroatoms. The summed E-state index contributed by atoms with van der Waals surface area (Å²) in [5.41, 5.74) is 0.368. The van der Waals surface area contributed by atoms with Crippen LogP contribution in [0.3, 0.4) is 0 Å². The van der Waals surface area contributed by atoms with Crippen LogP contribution in [0.25, 0.3) is 0 Å². The molecule has 3 rings (SSSR count). The molecular weight excluding hydrogens is 434 g/mol. The number of rotatable bonds is 10. The van der Waals surface area contributed by atoms with Crippen LogP contribution >= 0.6 is 23.4 Å². The summed E-state index contributed by atoms with van der Waals surface area (Å²) in [6, 6.07) is 10.0. The van der Waals surface area contributed by atoms with Crippen molar-refractivity contribution in [3.05, 3.63) is 59.0 Å². The Labute approximate surface area is 193 Å². The van der Waals surface area contributed by atoms with Crippen molar-refractivity contribution in [3.8, 4) is 0 Å². The highest BCUT2D eigenvalue weighted by Crippen LogP contribution is 2.24. The van der Waals surface area contributed by atoms with Gasteiger partial charge in [0.2, 0.25) is 5.91 Å². The third-order valence-electron chi connectivity index (χ3n) is 5.52. The van der Waals surface area contributed by atoms with Gasteiger partial charge in [0.15, 0.2) is 0 Å². The molecule has 168 valence electrons. The smallest absolute Gasteiger partial charge is 0.253 e. The second-order valence-corrected chi connectivity index (χ2v) is 9.05. The SMILES string of the molecule is CSCC[C@@H](NC(=O)c1ccccc1Cl)C(=O)NC[C@@H](c1ccco1)N1CCCCC1. The molecule has 6 nitrogen and oxygen atoms in total. The fourth-order valence-electron chi connectivity index (χ4n) is 3.83. The largest absolute Gasteiger partial charge is 0.468 e. The topological polar surface area (TPSA) is 74.6 Å². The zero-order valence-corrected chi connectivity index (χ0v) is 19.4. The van der Waals surface area contributed by atoms with Gasteiger partial charge >= 0.3 is 0 Å². The molecule has 0 spiro atoms. The van der Waals surface area contributed by atoms with E-state index in [1.807, 2.05) is 18.4 Å². The Kier molecular flexibility index (Phi) is 9.31. The number of thioether (sulfide) groups is 1. The predicted octanol–water partition coefficient (Wildman–Crippen LogP) is 4.13. The van der Waals surface area contributed by atoms with Crippen molar-refractivity contribution in [3.63, 3.8) is 0 Å². The maximum Gasteiger partial charge on any atom is 0.253 e. The molecule has 1 saturated heterocycles. The van der Waals surface area contributed by atoms with Gasteiger partial charge in [0, 0.05) is 6.54 Å². The highest BCUT2D eigenvalue weighted by atomic mass is 35.5. The summed E-state index contributed by atoms with van der Waals surface area (Å²) < 4.78 is 5.66. The van der Waals surface area contributed by atoms with Gasteiger partial charge < -0.3 is 15.1 Å². The number of nitrogens with zero attached hydrogens (tertiary/aromatic N) is 1. The lowest BCUT2D eigenvalue weighted by Gasteiger charge is -2.33. The first kappa shape index (κ1) is 23.7. The van der Waals surface area contributed by atoms with Crippen molar-refractivity contribution in [2.75, 3.05) is 31.6 Å². The zero-order valence-electron chi connectivity index (χ0n) is 17.8. The molecule has 1 aliphatic heterocycles. The molecule has 1 aromatic carbocycles. The molecule has 2 aromatic rings. The van der Waals surface area contributed by atoms with Crippen molar-refractivity contribution in [2.24, 2.45) is 0 Å². The minimum absolute atomic E-state index is 0.0141. The number of carbonyl (C=O) groups excluding carboxylic acids is 2. The van der Waals surface area contributed by atoms with Crippen LogP contribution in [0.15, 0.2) is 47.1 Å². The number of likely N-dealkylation sites (tertiary alicyclic amines) is 1. The third kappa shape index (κ3) is 6.76. The Morgan fingerprint density at radius 2 is 1.94 bits per heavy atom. The first-order valence-corrected chi connectivity index (χ1v) is 12.5. The van der Waals surface area contributed by atoms with E-state index < -0.39 is 6.04 Å². The lowest BCUT2D eigenvalue weighted by Crippen LogP contribution is -2.49. The highest BCUT2D eigenvalue weighted by Gasteiger charge is 2.27. The Balaban J connectivity index is 1.66. The molecule has 0 radical (unpaired) electrons. The number of amides is 2. The van der Waals surface area contributed by atoms with Crippen molar-refractivity contribution < 1.29 is 14.0 Å². The van der Waals surface area contributed by atoms with Gasteiger partial charge in [-0.3, -0.25) is 14.5 Å². The summed E-state index contributed by atoms with van der Waals surface area (Å²) in [7, 11) is 0. The van der Waals surface area contributed by atoms with Crippen molar-refractivity contribution in [2.45, 2.75) is 37.8 Å². The molecule has 2 atom stereocenters. The average Bonchev–Trinajstić information content (AvgIpc) is 3.32. The standard InChI is InChI=1S/C23H30ClN3O3S/c1-31-15-11-19(26-22(28)17-8-3-4-9-18(17)24)23(29)25-16-20(21-10-7-14-30-21)27-12-5-2-6-13-27/h3-4,7-10,14,19-20H,2,5-6,11-13,15-16H2,1H3,(H,25,29)(H,26,28)/t19-,20+/m1/s1. The predicted molar refractivity (Wildman–Crippen MR) is 126 cm³/mol. The summed E-state index contributed by atoms with van der Waals surface area (Å²) in [4.78, 5) is 28.1. The minimum atomic E-state index is -0.630. The van der Waals surface area contributed by atoms with E-state index in [1.54, 1.807) is 42.3 Å². The number of nitrogens with one attached hydrogen (secondary N) is 2. The van der Waals surface area contributed by atoms with E-state index >= 15 is 0 Å². The van der Waals surface area contributed by atoms with Crippen LogP contribution in [0.1, 0.15) is 47.8 Å². The lowest BCUT2D eigenvalue weighted by atomic mass is 10.1. The zero-order chi connectivity index (χ0) is 22.1. The molecule has 0 aliphatic carbocycles. The summed E-state index contributed by atoms with van der Waals surface area (Å²) in [5, 5.41) is 6.28. The molecule has 1 aromatic heterocycles. The van der Waals surface area contributed by atoms with Gasteiger partial charge in [0.1, 0.15) is 11.8 Å². The van der Waals surface area contributed by atoms with E-state index in [0.29, 0.717) is 23.6 Å². The summed E-state index contributed by atoms with van der Waals surface area (Å²) in [6.45, 7) is 2.41. The first-order chi connectivity index (χ1) is 15.1. The Hall–Kier alpha value is -1.96. The monoisotopic (exact) mass is 463 g/mol. The molecule has 2 N–H and O–H groups in total. The van der Waals surface area contributed by atoms with Gasteiger partial charge in [-0.25, -0.2) is 0 Å². The van der Waals surface area contributed by atoms with Gasteiger partial charge in [-0.05, 0) is 68.6 Å². The van der Waals surface area contributed by atoms with Crippen molar-refractivity contribution >= 4 is 35.2 Å². The maximum absolute atomic E-state index is 13.0. The van der Waals surface area contributed by atoms with Crippen molar-refractivity contribution in [1.29, 1.82) is 0 Å². The number of hydrogen-bond donors (Lipinski definition) is 2. The third-order valence-corrected chi connectivity index (χ3v) is 6.50. The van der Waals surface area contributed by atoms with Gasteiger partial charge in [-0.2, -0.15) is 11.8 Å². The Bertz CT molecular complexity index is 840. The number of carbonyl (C=O) groups is 2. The number of halogens is 1. The fourth-order valence-corrected chi connectivity index (χ4v) is 4.52. The normalized spacial score (nSPS) is 16.5. The van der Waals surface area contributed by atoms with Gasteiger partial charge in [-0.15, -0.1) is 0 Å². The first-order valence-electron chi connectivity index (χ1n) is 10.7. The highest BCUT2D eigenvalue weighted by molar-refractivity contribution is 7.98. The van der Waals surface area contributed by atoms with Crippen LogP contribution in [0.4, 0.5) is 0 Å². The lowest BCUT2D eigenvalue weighted by molar-refractivity contribution is -0.123. The van der Waals surface area contributed by atoms with Crippen LogP contribution < -0.4 is 10.6 Å². The molecule has 1 aliphatic rings. The number of furan rings is 1. The van der Waals surface area contributed by atoms with Crippen LogP contribution in [0, 0.1) is 0 Å². The quantitative estimate of drug-likeness (QED) is 0.554. The van der Waals surface area contributed by atoms with Crippen LogP contribution in [0.5, 0.6) is 0 Å². The van der Waals surface area contributed by atoms with Crippen molar-refractivity contribution in [1.82, 2.24) is 15.5 Å². The summed E-state index contributed by atoms with van der Waals surface area (Å²) in [6.07, 6.45) is 7.72. The van der Waals surface area contributed by atoms with Gasteiger partial charge in [-0.1, -0.05) is 30.2 Å². The number of hydrogen-bond acceptors (Lipinski definition) is 5. The van der Waals surface area contributed by atoms with Gasteiger partial charge in [0.05, 0.1) is 22.9 Å². The molecule has 2 heterocycles. The van der Waals surface area contributed by atoms with E-state index in [-0.39, 0.29) is 17.9 Å². The van der Waals surface area contributed by atoms with Crippen LogP contribution in [-0.2, 0) is 4.79 Å². The number of piperidine rings is 1. The molecule has 0 unspecified atom stereocenters. The van der Waals surface area contributed by atoms with E-state index in [9.17, 15) is 9.59 Å². The average molecular weight is 464 g/mol. The fraction of sp³-hybridized carbons (Fsp3) is 0.478. The molecule has 1 fully saturated rings. The molecular formula is C23H30ClN3O3S. The number of benzene rings is 1. The molecule has 2 amide bonds. The second-order valence-electron chi connectivity index (χ2n) is 7.66. The van der Waals surface area contributed by atoms with Crippen LogP contribution in [0.2, 0.25) is 5.02 Å². The van der Waals surface area contributed by atoms with E-state index in [2.05, 4.69) is 15.5 Å².